The Hall–Kier alpha value is -1.31. The SMILES string of the molecule is CC(=O)NCCCCNCCCNC(=O)C(F)(F)F. The van der Waals surface area contributed by atoms with Crippen LogP contribution in [0.5, 0.6) is 0 Å². The molecule has 0 aromatic heterocycles. The Kier molecular flexibility index (Phi) is 8.94. The first kappa shape index (κ1) is 17.7. The molecule has 0 saturated carbocycles. The van der Waals surface area contributed by atoms with Crippen molar-refractivity contribution in [2.45, 2.75) is 32.4 Å². The van der Waals surface area contributed by atoms with Crippen molar-refractivity contribution in [3.8, 4) is 0 Å². The number of nitrogens with one attached hydrogen (secondary N) is 3. The van der Waals surface area contributed by atoms with Crippen molar-refractivity contribution in [3.05, 3.63) is 0 Å². The van der Waals surface area contributed by atoms with Crippen LogP contribution in [0.2, 0.25) is 0 Å². The minimum atomic E-state index is -4.81. The molecule has 0 unspecified atom stereocenters. The smallest absolute Gasteiger partial charge is 0.356 e. The van der Waals surface area contributed by atoms with Gasteiger partial charge in [0.1, 0.15) is 0 Å². The number of carbonyl (C=O) groups is 2. The highest BCUT2D eigenvalue weighted by Gasteiger charge is 2.38. The Labute approximate surface area is 110 Å². The normalized spacial score (nSPS) is 11.2. The van der Waals surface area contributed by atoms with Crippen LogP contribution >= 0.6 is 0 Å². The van der Waals surface area contributed by atoms with Crippen LogP contribution in [0, 0.1) is 0 Å². The number of rotatable bonds is 9. The van der Waals surface area contributed by atoms with E-state index in [1.807, 2.05) is 0 Å². The Morgan fingerprint density at radius 2 is 1.42 bits per heavy atom. The highest BCUT2D eigenvalue weighted by molar-refractivity contribution is 5.81. The maximum atomic E-state index is 11.8. The number of hydrogen-bond acceptors (Lipinski definition) is 3. The van der Waals surface area contributed by atoms with Crippen LogP contribution in [-0.2, 0) is 9.59 Å². The molecule has 0 aliphatic heterocycles. The zero-order valence-corrected chi connectivity index (χ0v) is 10.9. The summed E-state index contributed by atoms with van der Waals surface area (Å²) in [5.41, 5.74) is 0. The van der Waals surface area contributed by atoms with Crippen molar-refractivity contribution in [2.24, 2.45) is 0 Å². The van der Waals surface area contributed by atoms with Gasteiger partial charge in [0.15, 0.2) is 0 Å². The van der Waals surface area contributed by atoms with Gasteiger partial charge in [-0.15, -0.1) is 0 Å². The van der Waals surface area contributed by atoms with Crippen molar-refractivity contribution in [2.75, 3.05) is 26.2 Å². The van der Waals surface area contributed by atoms with Gasteiger partial charge in [0.2, 0.25) is 5.91 Å². The lowest BCUT2D eigenvalue weighted by Crippen LogP contribution is -2.38. The predicted molar refractivity (Wildman–Crippen MR) is 64.5 cm³/mol. The molecule has 8 heteroatoms. The van der Waals surface area contributed by atoms with Gasteiger partial charge in [-0.2, -0.15) is 13.2 Å². The topological polar surface area (TPSA) is 70.2 Å². The lowest BCUT2D eigenvalue weighted by Gasteiger charge is -2.08. The Morgan fingerprint density at radius 1 is 0.895 bits per heavy atom. The van der Waals surface area contributed by atoms with Gasteiger partial charge in [-0.25, -0.2) is 0 Å². The maximum absolute atomic E-state index is 11.8. The predicted octanol–water partition coefficient (Wildman–Crippen LogP) is 0.561. The number of hydrogen-bond donors (Lipinski definition) is 3. The van der Waals surface area contributed by atoms with Gasteiger partial charge < -0.3 is 16.0 Å². The van der Waals surface area contributed by atoms with E-state index in [0.29, 0.717) is 19.5 Å². The molecule has 0 aliphatic rings. The summed E-state index contributed by atoms with van der Waals surface area (Å²) in [5.74, 6) is -1.96. The molecule has 0 heterocycles. The lowest BCUT2D eigenvalue weighted by molar-refractivity contribution is -0.173. The molecule has 0 aromatic rings. The van der Waals surface area contributed by atoms with E-state index in [1.54, 1.807) is 5.32 Å². The molecule has 0 aromatic carbocycles. The monoisotopic (exact) mass is 283 g/mol. The fourth-order valence-corrected chi connectivity index (χ4v) is 1.28. The van der Waals surface area contributed by atoms with Crippen molar-refractivity contribution in [1.29, 1.82) is 0 Å². The van der Waals surface area contributed by atoms with E-state index in [4.69, 9.17) is 0 Å². The third-order valence-electron chi connectivity index (χ3n) is 2.23. The number of amides is 2. The van der Waals surface area contributed by atoms with Crippen LogP contribution in [0.1, 0.15) is 26.2 Å². The van der Waals surface area contributed by atoms with Gasteiger partial charge in [-0.1, -0.05) is 0 Å². The zero-order chi connectivity index (χ0) is 14.7. The van der Waals surface area contributed by atoms with Gasteiger partial charge in [0.25, 0.3) is 0 Å². The molecule has 19 heavy (non-hydrogen) atoms. The largest absolute Gasteiger partial charge is 0.471 e. The lowest BCUT2D eigenvalue weighted by atomic mass is 10.3. The highest BCUT2D eigenvalue weighted by atomic mass is 19.4. The average Bonchev–Trinajstić information content (AvgIpc) is 2.29. The second-order valence-electron chi connectivity index (χ2n) is 4.05. The van der Waals surface area contributed by atoms with E-state index in [0.717, 1.165) is 19.4 Å². The Bertz CT molecular complexity index is 283. The molecule has 0 aliphatic carbocycles. The number of halogens is 3. The molecular weight excluding hydrogens is 263 g/mol. The molecule has 0 spiro atoms. The summed E-state index contributed by atoms with van der Waals surface area (Å²) in [6.45, 7) is 3.34. The van der Waals surface area contributed by atoms with Crippen LogP contribution in [0.4, 0.5) is 13.2 Å². The van der Waals surface area contributed by atoms with E-state index in [-0.39, 0.29) is 12.5 Å². The molecular formula is C11H20F3N3O2. The summed E-state index contributed by atoms with van der Waals surface area (Å²) in [7, 11) is 0. The molecule has 0 fully saturated rings. The summed E-state index contributed by atoms with van der Waals surface area (Å²) in [4.78, 5) is 21.0. The van der Waals surface area contributed by atoms with Gasteiger partial charge in [-0.05, 0) is 32.4 Å². The fourth-order valence-electron chi connectivity index (χ4n) is 1.28. The minimum Gasteiger partial charge on any atom is -0.356 e. The third kappa shape index (κ3) is 11.5. The summed E-state index contributed by atoms with van der Waals surface area (Å²) >= 11 is 0. The zero-order valence-electron chi connectivity index (χ0n) is 10.9. The van der Waals surface area contributed by atoms with Gasteiger partial charge in [0, 0.05) is 20.0 Å². The van der Waals surface area contributed by atoms with Crippen molar-refractivity contribution in [3.63, 3.8) is 0 Å². The first-order valence-electron chi connectivity index (χ1n) is 6.14. The van der Waals surface area contributed by atoms with E-state index >= 15 is 0 Å². The molecule has 0 rings (SSSR count). The first-order chi connectivity index (χ1) is 8.84. The average molecular weight is 283 g/mol. The first-order valence-corrected chi connectivity index (χ1v) is 6.14. The molecule has 0 atom stereocenters. The highest BCUT2D eigenvalue weighted by Crippen LogP contribution is 2.13. The summed E-state index contributed by atoms with van der Waals surface area (Å²) in [6.07, 6.45) is -2.66. The van der Waals surface area contributed by atoms with Crippen molar-refractivity contribution in [1.82, 2.24) is 16.0 Å². The quantitative estimate of drug-likeness (QED) is 0.542. The Balaban J connectivity index is 3.24. The van der Waals surface area contributed by atoms with Crippen LogP contribution in [0.25, 0.3) is 0 Å². The van der Waals surface area contributed by atoms with Gasteiger partial charge in [0.05, 0.1) is 0 Å². The second kappa shape index (κ2) is 9.60. The Morgan fingerprint density at radius 3 is 2.00 bits per heavy atom. The summed E-state index contributed by atoms with van der Waals surface area (Å²) in [6, 6.07) is 0. The molecule has 3 N–H and O–H groups in total. The number of unbranched alkanes of at least 4 members (excludes halogenated alkanes) is 1. The summed E-state index contributed by atoms with van der Waals surface area (Å²) in [5, 5.41) is 7.50. The van der Waals surface area contributed by atoms with Crippen LogP contribution < -0.4 is 16.0 Å². The number of alkyl halides is 3. The number of carbonyl (C=O) groups excluding carboxylic acids is 2. The van der Waals surface area contributed by atoms with Crippen molar-refractivity contribution < 1.29 is 22.8 Å². The molecule has 5 nitrogen and oxygen atoms in total. The van der Waals surface area contributed by atoms with E-state index in [2.05, 4.69) is 10.6 Å². The molecule has 2 amide bonds. The van der Waals surface area contributed by atoms with Crippen LogP contribution in [0.15, 0.2) is 0 Å². The van der Waals surface area contributed by atoms with Crippen LogP contribution in [-0.4, -0.2) is 44.2 Å². The van der Waals surface area contributed by atoms with Crippen LogP contribution in [0.3, 0.4) is 0 Å². The third-order valence-corrected chi connectivity index (χ3v) is 2.23. The minimum absolute atomic E-state index is 0.00274. The second-order valence-corrected chi connectivity index (χ2v) is 4.05. The van der Waals surface area contributed by atoms with E-state index in [9.17, 15) is 22.8 Å². The van der Waals surface area contributed by atoms with E-state index < -0.39 is 12.1 Å². The maximum Gasteiger partial charge on any atom is 0.471 e. The van der Waals surface area contributed by atoms with E-state index in [1.165, 1.54) is 6.92 Å². The molecule has 0 saturated heterocycles. The molecule has 0 bridgehead atoms. The standard InChI is InChI=1S/C11H20F3N3O2/c1-9(18)16-7-3-2-5-15-6-4-8-17-10(19)11(12,13)14/h15H,2-8H2,1H3,(H,16,18)(H,17,19). The molecule has 0 radical (unpaired) electrons. The molecule has 112 valence electrons. The fraction of sp³-hybridized carbons (Fsp3) is 0.818. The van der Waals surface area contributed by atoms with Crippen molar-refractivity contribution >= 4 is 11.8 Å². The van der Waals surface area contributed by atoms with Gasteiger partial charge in [-0.3, -0.25) is 9.59 Å². The summed E-state index contributed by atoms with van der Waals surface area (Å²) < 4.78 is 35.4. The van der Waals surface area contributed by atoms with Gasteiger partial charge >= 0.3 is 12.1 Å².